The second-order valence-corrected chi connectivity index (χ2v) is 2.07. The van der Waals surface area contributed by atoms with Crippen LogP contribution in [0.5, 0.6) is 0 Å². The van der Waals surface area contributed by atoms with Gasteiger partial charge in [0.15, 0.2) is 5.60 Å². The van der Waals surface area contributed by atoms with Gasteiger partial charge in [-0.25, -0.2) is 0 Å². The third-order valence-corrected chi connectivity index (χ3v) is 1.34. The fourth-order valence-corrected chi connectivity index (χ4v) is 0.774. The van der Waals surface area contributed by atoms with E-state index in [1.54, 1.807) is 0 Å². The molecule has 1 fully saturated rings. The molecule has 0 aromatic heterocycles. The normalized spacial score (nSPS) is 37.0. The van der Waals surface area contributed by atoms with Crippen molar-refractivity contribution in [2.75, 3.05) is 13.1 Å². The topological polar surface area (TPSA) is 56.0 Å². The molecule has 0 saturated carbocycles. The van der Waals surface area contributed by atoms with E-state index >= 15 is 0 Å². The second-order valence-electron chi connectivity index (χ2n) is 2.07. The number of nitrogens with one attached hydrogen (secondary N) is 1. The molecule has 3 nitrogen and oxygen atoms in total. The summed E-state index contributed by atoms with van der Waals surface area (Å²) in [6, 6.07) is 1.83. The molecule has 1 rings (SSSR count). The van der Waals surface area contributed by atoms with E-state index in [-0.39, 0.29) is 0 Å². The number of β-amino-alcohol motifs (C(OH)–C–C–N with tert-alkyl or cyclic N) is 1. The smallest absolute Gasteiger partial charge is 0.164 e. The van der Waals surface area contributed by atoms with Crippen LogP contribution < -0.4 is 5.32 Å². The van der Waals surface area contributed by atoms with Gasteiger partial charge in [-0.1, -0.05) is 0 Å². The highest BCUT2D eigenvalue weighted by molar-refractivity contribution is 5.05. The molecule has 3 heteroatoms. The molecule has 0 amide bonds. The Hall–Kier alpha value is -0.590. The van der Waals surface area contributed by atoms with Crippen molar-refractivity contribution in [1.29, 1.82) is 5.26 Å². The van der Waals surface area contributed by atoms with E-state index in [9.17, 15) is 0 Å². The van der Waals surface area contributed by atoms with E-state index < -0.39 is 5.60 Å². The summed E-state index contributed by atoms with van der Waals surface area (Å²) in [6.45, 7) is 1.17. The summed E-state index contributed by atoms with van der Waals surface area (Å²) in [6.07, 6.45) is 0.559. The summed E-state index contributed by atoms with van der Waals surface area (Å²) >= 11 is 0. The van der Waals surface area contributed by atoms with E-state index in [0.29, 0.717) is 13.0 Å². The molecule has 1 heterocycles. The van der Waals surface area contributed by atoms with Gasteiger partial charge in [0, 0.05) is 13.0 Å². The molecule has 0 radical (unpaired) electrons. The highest BCUT2D eigenvalue weighted by atomic mass is 16.3. The highest BCUT2D eigenvalue weighted by Gasteiger charge is 2.30. The van der Waals surface area contributed by atoms with E-state index in [1.165, 1.54) is 0 Å². The summed E-state index contributed by atoms with van der Waals surface area (Å²) in [7, 11) is 0. The quantitative estimate of drug-likeness (QED) is 0.405. The molecular formula is C5H8N2O. The van der Waals surface area contributed by atoms with Crippen molar-refractivity contribution >= 4 is 0 Å². The van der Waals surface area contributed by atoms with E-state index in [0.717, 1.165) is 6.54 Å². The van der Waals surface area contributed by atoms with E-state index in [1.807, 2.05) is 6.07 Å². The number of hydrogen-bond acceptors (Lipinski definition) is 3. The molecule has 0 spiro atoms. The minimum Gasteiger partial charge on any atom is -0.374 e. The van der Waals surface area contributed by atoms with Crippen LogP contribution in [-0.2, 0) is 0 Å². The lowest BCUT2D eigenvalue weighted by Gasteiger charge is -2.07. The molecule has 44 valence electrons. The number of aliphatic hydroxyl groups is 1. The molecular weight excluding hydrogens is 104 g/mol. The Balaban J connectivity index is 2.56. The van der Waals surface area contributed by atoms with Gasteiger partial charge in [0.25, 0.3) is 0 Å². The molecule has 0 aliphatic carbocycles. The first kappa shape index (κ1) is 5.54. The lowest BCUT2D eigenvalue weighted by Crippen LogP contribution is -2.28. The predicted octanol–water partition coefficient (Wildman–Crippen LogP) is -0.766. The third-order valence-electron chi connectivity index (χ3n) is 1.34. The third kappa shape index (κ3) is 0.808. The van der Waals surface area contributed by atoms with Gasteiger partial charge in [-0.15, -0.1) is 0 Å². The zero-order valence-corrected chi connectivity index (χ0v) is 4.52. The standard InChI is InChI=1S/C5H8N2O/c6-3-5(8)1-2-7-4-5/h7-8H,1-2,4H2. The largest absolute Gasteiger partial charge is 0.374 e. The van der Waals surface area contributed by atoms with Gasteiger partial charge >= 0.3 is 0 Å². The molecule has 1 saturated heterocycles. The predicted molar refractivity (Wildman–Crippen MR) is 28.0 cm³/mol. The monoisotopic (exact) mass is 112 g/mol. The van der Waals surface area contributed by atoms with E-state index in [2.05, 4.69) is 5.32 Å². The van der Waals surface area contributed by atoms with Crippen molar-refractivity contribution in [2.24, 2.45) is 0 Å². The van der Waals surface area contributed by atoms with Crippen molar-refractivity contribution < 1.29 is 5.11 Å². The summed E-state index contributed by atoms with van der Waals surface area (Å²) in [4.78, 5) is 0. The van der Waals surface area contributed by atoms with Gasteiger partial charge in [-0.3, -0.25) is 0 Å². The Morgan fingerprint density at radius 3 is 2.75 bits per heavy atom. The Kier molecular flexibility index (Phi) is 1.20. The van der Waals surface area contributed by atoms with Crippen LogP contribution in [0.15, 0.2) is 0 Å². The maximum atomic E-state index is 9.08. The van der Waals surface area contributed by atoms with Gasteiger partial charge in [0.1, 0.15) is 0 Å². The van der Waals surface area contributed by atoms with Crippen molar-refractivity contribution in [2.45, 2.75) is 12.0 Å². The number of hydrogen-bond donors (Lipinski definition) is 2. The van der Waals surface area contributed by atoms with Gasteiger partial charge in [-0.05, 0) is 6.54 Å². The first-order chi connectivity index (χ1) is 3.77. The second kappa shape index (κ2) is 1.73. The molecule has 1 unspecified atom stereocenters. The molecule has 1 atom stereocenters. The van der Waals surface area contributed by atoms with Crippen LogP contribution in [0.2, 0.25) is 0 Å². The maximum absolute atomic E-state index is 9.08. The molecule has 0 bridgehead atoms. The minimum absolute atomic E-state index is 0.420. The summed E-state index contributed by atoms with van der Waals surface area (Å²) in [5.41, 5.74) is -1.07. The Labute approximate surface area is 47.9 Å². The van der Waals surface area contributed by atoms with Crippen LogP contribution in [0, 0.1) is 11.3 Å². The van der Waals surface area contributed by atoms with Crippen molar-refractivity contribution in [3.8, 4) is 6.07 Å². The molecule has 0 aromatic carbocycles. The Morgan fingerprint density at radius 1 is 1.75 bits per heavy atom. The maximum Gasteiger partial charge on any atom is 0.164 e. The fourth-order valence-electron chi connectivity index (χ4n) is 0.774. The lowest BCUT2D eigenvalue weighted by molar-refractivity contribution is 0.121. The molecule has 1 aliphatic rings. The molecule has 0 aromatic rings. The molecule has 2 N–H and O–H groups in total. The number of nitriles is 1. The van der Waals surface area contributed by atoms with Gasteiger partial charge in [-0.2, -0.15) is 5.26 Å². The SMILES string of the molecule is N#CC1(O)CCNC1. The average Bonchev–Trinajstić information content (AvgIpc) is 2.17. The van der Waals surface area contributed by atoms with Gasteiger partial charge < -0.3 is 10.4 Å². The van der Waals surface area contributed by atoms with Crippen molar-refractivity contribution in [3.63, 3.8) is 0 Å². The van der Waals surface area contributed by atoms with Crippen LogP contribution in [0.1, 0.15) is 6.42 Å². The first-order valence-electron chi connectivity index (χ1n) is 2.61. The van der Waals surface area contributed by atoms with E-state index in [4.69, 9.17) is 10.4 Å². The van der Waals surface area contributed by atoms with Crippen LogP contribution in [0.4, 0.5) is 0 Å². The minimum atomic E-state index is -1.07. The first-order valence-corrected chi connectivity index (χ1v) is 2.61. The molecule has 8 heavy (non-hydrogen) atoms. The number of nitrogens with zero attached hydrogens (tertiary/aromatic N) is 1. The summed E-state index contributed by atoms with van der Waals surface area (Å²) in [5, 5.41) is 20.3. The fraction of sp³-hybridized carbons (Fsp3) is 0.800. The molecule has 1 aliphatic heterocycles. The summed E-state index contributed by atoms with van der Waals surface area (Å²) in [5.74, 6) is 0. The zero-order valence-electron chi connectivity index (χ0n) is 4.52. The average molecular weight is 112 g/mol. The van der Waals surface area contributed by atoms with Crippen LogP contribution in [0.25, 0.3) is 0 Å². The van der Waals surface area contributed by atoms with Crippen molar-refractivity contribution in [1.82, 2.24) is 5.32 Å². The highest BCUT2D eigenvalue weighted by Crippen LogP contribution is 2.11. The van der Waals surface area contributed by atoms with Gasteiger partial charge in [0.2, 0.25) is 0 Å². The van der Waals surface area contributed by atoms with Crippen molar-refractivity contribution in [3.05, 3.63) is 0 Å². The number of rotatable bonds is 0. The Bertz CT molecular complexity index is 121. The summed E-state index contributed by atoms with van der Waals surface area (Å²) < 4.78 is 0. The van der Waals surface area contributed by atoms with Crippen LogP contribution in [0.3, 0.4) is 0 Å². The Morgan fingerprint density at radius 2 is 2.50 bits per heavy atom. The van der Waals surface area contributed by atoms with Crippen LogP contribution >= 0.6 is 0 Å². The van der Waals surface area contributed by atoms with Gasteiger partial charge in [0.05, 0.1) is 6.07 Å². The zero-order chi connectivity index (χ0) is 6.04. The van der Waals surface area contributed by atoms with Crippen LogP contribution in [-0.4, -0.2) is 23.8 Å². The lowest BCUT2D eigenvalue weighted by atomic mass is 10.1.